The van der Waals surface area contributed by atoms with Gasteiger partial charge in [0.1, 0.15) is 5.75 Å². The summed E-state index contributed by atoms with van der Waals surface area (Å²) in [5.74, 6) is 1.00. The van der Waals surface area contributed by atoms with E-state index in [1.807, 2.05) is 0 Å². The SMILES string of the molecule is CCCOc1ccc2ccccc2c1C(CN)N1CCCC1. The third-order valence-electron chi connectivity index (χ3n) is 4.53. The van der Waals surface area contributed by atoms with Crippen molar-refractivity contribution < 1.29 is 4.74 Å². The third kappa shape index (κ3) is 2.96. The molecule has 1 aliphatic heterocycles. The van der Waals surface area contributed by atoms with Crippen molar-refractivity contribution in [3.63, 3.8) is 0 Å². The van der Waals surface area contributed by atoms with Crippen LogP contribution >= 0.6 is 0 Å². The van der Waals surface area contributed by atoms with E-state index in [0.717, 1.165) is 31.9 Å². The van der Waals surface area contributed by atoms with Gasteiger partial charge in [-0.25, -0.2) is 0 Å². The standard InChI is InChI=1S/C19H26N2O/c1-2-13-22-18-10-9-15-7-3-4-8-16(15)19(18)17(14-20)21-11-5-6-12-21/h3-4,7-10,17H,2,5-6,11-14,20H2,1H3. The number of likely N-dealkylation sites (tertiary alicyclic amines) is 1. The Bertz CT molecular complexity index is 620. The molecule has 3 heteroatoms. The van der Waals surface area contributed by atoms with Crippen molar-refractivity contribution >= 4 is 10.8 Å². The van der Waals surface area contributed by atoms with Crippen LogP contribution in [0.2, 0.25) is 0 Å². The number of ether oxygens (including phenoxy) is 1. The van der Waals surface area contributed by atoms with Crippen LogP contribution in [0.25, 0.3) is 10.8 Å². The van der Waals surface area contributed by atoms with Crippen LogP contribution in [-0.2, 0) is 0 Å². The van der Waals surface area contributed by atoms with Gasteiger partial charge in [-0.05, 0) is 49.2 Å². The Balaban J connectivity index is 2.09. The van der Waals surface area contributed by atoms with Crippen molar-refractivity contribution in [2.75, 3.05) is 26.2 Å². The average molecular weight is 298 g/mol. The van der Waals surface area contributed by atoms with Crippen molar-refractivity contribution in [1.82, 2.24) is 4.90 Å². The lowest BCUT2D eigenvalue weighted by atomic mass is 9.96. The molecule has 1 atom stereocenters. The van der Waals surface area contributed by atoms with E-state index >= 15 is 0 Å². The minimum absolute atomic E-state index is 0.250. The fourth-order valence-electron chi connectivity index (χ4n) is 3.46. The lowest BCUT2D eigenvalue weighted by Crippen LogP contribution is -2.32. The molecule has 0 radical (unpaired) electrons. The minimum atomic E-state index is 0.250. The topological polar surface area (TPSA) is 38.5 Å². The Morgan fingerprint density at radius 2 is 1.91 bits per heavy atom. The van der Waals surface area contributed by atoms with Gasteiger partial charge in [0.15, 0.2) is 0 Å². The second kappa shape index (κ2) is 7.12. The van der Waals surface area contributed by atoms with E-state index in [1.54, 1.807) is 0 Å². The van der Waals surface area contributed by atoms with Gasteiger partial charge >= 0.3 is 0 Å². The third-order valence-corrected chi connectivity index (χ3v) is 4.53. The molecule has 1 saturated heterocycles. The Hall–Kier alpha value is -1.58. The molecule has 0 spiro atoms. The second-order valence-electron chi connectivity index (χ2n) is 6.04. The first kappa shape index (κ1) is 15.3. The van der Waals surface area contributed by atoms with Gasteiger partial charge in [-0.2, -0.15) is 0 Å². The second-order valence-corrected chi connectivity index (χ2v) is 6.04. The average Bonchev–Trinajstić information content (AvgIpc) is 3.08. The molecule has 0 aromatic heterocycles. The molecule has 1 unspecified atom stereocenters. The summed E-state index contributed by atoms with van der Waals surface area (Å²) < 4.78 is 6.05. The van der Waals surface area contributed by atoms with E-state index in [1.165, 1.54) is 29.2 Å². The molecule has 0 amide bonds. The van der Waals surface area contributed by atoms with Crippen LogP contribution in [0.1, 0.15) is 37.8 Å². The maximum Gasteiger partial charge on any atom is 0.124 e. The van der Waals surface area contributed by atoms with Gasteiger partial charge in [0.05, 0.1) is 12.6 Å². The van der Waals surface area contributed by atoms with Crippen LogP contribution in [-0.4, -0.2) is 31.1 Å². The normalized spacial score (nSPS) is 17.0. The van der Waals surface area contributed by atoms with E-state index in [-0.39, 0.29) is 6.04 Å². The van der Waals surface area contributed by atoms with Gasteiger partial charge in [-0.3, -0.25) is 4.90 Å². The van der Waals surface area contributed by atoms with Gasteiger partial charge in [-0.1, -0.05) is 37.3 Å². The predicted molar refractivity (Wildman–Crippen MR) is 92.3 cm³/mol. The van der Waals surface area contributed by atoms with Crippen molar-refractivity contribution in [3.8, 4) is 5.75 Å². The Morgan fingerprint density at radius 1 is 1.14 bits per heavy atom. The quantitative estimate of drug-likeness (QED) is 0.883. The van der Waals surface area contributed by atoms with Crippen molar-refractivity contribution in [1.29, 1.82) is 0 Å². The zero-order chi connectivity index (χ0) is 15.4. The number of nitrogens with two attached hydrogens (primary N) is 1. The Kier molecular flexibility index (Phi) is 4.96. The highest BCUT2D eigenvalue weighted by Crippen LogP contribution is 2.37. The number of hydrogen-bond donors (Lipinski definition) is 1. The van der Waals surface area contributed by atoms with Crippen molar-refractivity contribution in [2.24, 2.45) is 5.73 Å². The summed E-state index contributed by atoms with van der Waals surface area (Å²) in [6, 6.07) is 13.1. The van der Waals surface area contributed by atoms with Gasteiger partial charge in [-0.15, -0.1) is 0 Å². The molecule has 0 saturated carbocycles. The molecule has 22 heavy (non-hydrogen) atoms. The van der Waals surface area contributed by atoms with Crippen molar-refractivity contribution in [3.05, 3.63) is 42.0 Å². The Labute approximate surface area is 133 Å². The van der Waals surface area contributed by atoms with Gasteiger partial charge < -0.3 is 10.5 Å². The molecule has 2 aromatic rings. The number of fused-ring (bicyclic) bond motifs is 1. The highest BCUT2D eigenvalue weighted by Gasteiger charge is 2.26. The van der Waals surface area contributed by atoms with Crippen LogP contribution in [0, 0.1) is 0 Å². The van der Waals surface area contributed by atoms with E-state index in [0.29, 0.717) is 6.54 Å². The first-order valence-corrected chi connectivity index (χ1v) is 8.43. The largest absolute Gasteiger partial charge is 0.493 e. The number of benzene rings is 2. The van der Waals surface area contributed by atoms with E-state index in [9.17, 15) is 0 Å². The fourth-order valence-corrected chi connectivity index (χ4v) is 3.46. The molecule has 0 aliphatic carbocycles. The first-order chi connectivity index (χ1) is 10.8. The molecule has 1 aliphatic rings. The maximum atomic E-state index is 6.18. The molecule has 2 N–H and O–H groups in total. The number of rotatable bonds is 6. The van der Waals surface area contributed by atoms with Gasteiger partial charge in [0.2, 0.25) is 0 Å². The van der Waals surface area contributed by atoms with Gasteiger partial charge in [0.25, 0.3) is 0 Å². The van der Waals surface area contributed by atoms with Crippen LogP contribution < -0.4 is 10.5 Å². The summed E-state index contributed by atoms with van der Waals surface area (Å²) >= 11 is 0. The molecule has 3 nitrogen and oxygen atoms in total. The summed E-state index contributed by atoms with van der Waals surface area (Å²) in [5.41, 5.74) is 7.45. The number of nitrogens with zero attached hydrogens (tertiary/aromatic N) is 1. The van der Waals surface area contributed by atoms with Crippen LogP contribution in [0.5, 0.6) is 5.75 Å². The van der Waals surface area contributed by atoms with Crippen LogP contribution in [0.4, 0.5) is 0 Å². The molecule has 3 rings (SSSR count). The summed E-state index contributed by atoms with van der Waals surface area (Å²) in [6.45, 7) is 5.80. The van der Waals surface area contributed by atoms with Crippen molar-refractivity contribution in [2.45, 2.75) is 32.2 Å². The molecule has 2 aromatic carbocycles. The lowest BCUT2D eigenvalue weighted by molar-refractivity contribution is 0.240. The summed E-state index contributed by atoms with van der Waals surface area (Å²) in [5, 5.41) is 2.54. The highest BCUT2D eigenvalue weighted by molar-refractivity contribution is 5.88. The molecule has 1 heterocycles. The highest BCUT2D eigenvalue weighted by atomic mass is 16.5. The van der Waals surface area contributed by atoms with Crippen LogP contribution in [0.15, 0.2) is 36.4 Å². The van der Waals surface area contributed by atoms with Gasteiger partial charge in [0, 0.05) is 12.1 Å². The molecule has 0 bridgehead atoms. The van der Waals surface area contributed by atoms with Crippen LogP contribution in [0.3, 0.4) is 0 Å². The Morgan fingerprint density at radius 3 is 2.64 bits per heavy atom. The van der Waals surface area contributed by atoms with E-state index in [4.69, 9.17) is 10.5 Å². The zero-order valence-electron chi connectivity index (χ0n) is 13.4. The summed E-state index contributed by atoms with van der Waals surface area (Å²) in [6.07, 6.45) is 3.56. The minimum Gasteiger partial charge on any atom is -0.493 e. The summed E-state index contributed by atoms with van der Waals surface area (Å²) in [4.78, 5) is 2.51. The summed E-state index contributed by atoms with van der Waals surface area (Å²) in [7, 11) is 0. The molecular weight excluding hydrogens is 272 g/mol. The number of hydrogen-bond acceptors (Lipinski definition) is 3. The maximum absolute atomic E-state index is 6.18. The van der Waals surface area contributed by atoms with E-state index in [2.05, 4.69) is 48.2 Å². The molecular formula is C19H26N2O. The first-order valence-electron chi connectivity index (χ1n) is 8.43. The predicted octanol–water partition coefficient (Wildman–Crippen LogP) is 3.72. The molecule has 1 fully saturated rings. The lowest BCUT2D eigenvalue weighted by Gasteiger charge is -2.29. The monoisotopic (exact) mass is 298 g/mol. The smallest absolute Gasteiger partial charge is 0.124 e. The fraction of sp³-hybridized carbons (Fsp3) is 0.474. The molecule has 118 valence electrons. The zero-order valence-corrected chi connectivity index (χ0v) is 13.4. The van der Waals surface area contributed by atoms with E-state index < -0.39 is 0 Å².